The molecule has 0 saturated carbocycles. The van der Waals surface area contributed by atoms with E-state index < -0.39 is 0 Å². The minimum Gasteiger partial charge on any atom is -0.504 e. The maximum Gasteiger partial charge on any atom is 0.255 e. The standard InChI is InChI=1S/C15H16N2O3/c1-9-2-3-10(8-16)6-12(9)17-15(20)11-4-5-13(18)14(19)7-11/h2-7,18-19H,8,16H2,1H3,(H,17,20). The number of amides is 1. The van der Waals surface area contributed by atoms with Crippen molar-refractivity contribution in [2.75, 3.05) is 5.32 Å². The van der Waals surface area contributed by atoms with Gasteiger partial charge in [-0.05, 0) is 42.3 Å². The van der Waals surface area contributed by atoms with Gasteiger partial charge >= 0.3 is 0 Å². The molecule has 0 aliphatic carbocycles. The largest absolute Gasteiger partial charge is 0.504 e. The first-order valence-corrected chi connectivity index (χ1v) is 6.14. The summed E-state index contributed by atoms with van der Waals surface area (Å²) in [6.45, 7) is 2.27. The number of phenolic OH excluding ortho intramolecular Hbond substituents is 2. The highest BCUT2D eigenvalue weighted by Crippen LogP contribution is 2.25. The highest BCUT2D eigenvalue weighted by Gasteiger charge is 2.10. The van der Waals surface area contributed by atoms with Crippen LogP contribution in [0.2, 0.25) is 0 Å². The number of carbonyl (C=O) groups excluding carboxylic acids is 1. The SMILES string of the molecule is Cc1ccc(CN)cc1NC(=O)c1ccc(O)c(O)c1. The van der Waals surface area contributed by atoms with Crippen molar-refractivity contribution in [3.05, 3.63) is 53.1 Å². The number of carbonyl (C=O) groups is 1. The summed E-state index contributed by atoms with van der Waals surface area (Å²) < 4.78 is 0. The fraction of sp³-hybridized carbons (Fsp3) is 0.133. The molecule has 0 saturated heterocycles. The Bertz CT molecular complexity index is 654. The summed E-state index contributed by atoms with van der Waals surface area (Å²) in [6.07, 6.45) is 0. The maximum absolute atomic E-state index is 12.1. The normalized spacial score (nSPS) is 10.3. The van der Waals surface area contributed by atoms with E-state index in [4.69, 9.17) is 5.73 Å². The molecule has 5 nitrogen and oxygen atoms in total. The molecule has 0 heterocycles. The molecule has 5 heteroatoms. The van der Waals surface area contributed by atoms with Gasteiger partial charge in [-0.2, -0.15) is 0 Å². The Balaban J connectivity index is 2.25. The molecule has 0 fully saturated rings. The Morgan fingerprint density at radius 2 is 1.90 bits per heavy atom. The van der Waals surface area contributed by atoms with Crippen molar-refractivity contribution >= 4 is 11.6 Å². The molecule has 0 bridgehead atoms. The third-order valence-corrected chi connectivity index (χ3v) is 3.02. The molecule has 20 heavy (non-hydrogen) atoms. The van der Waals surface area contributed by atoms with Crippen molar-refractivity contribution in [2.24, 2.45) is 5.73 Å². The predicted octanol–water partition coefficient (Wildman–Crippen LogP) is 2.12. The molecule has 2 rings (SSSR count). The van der Waals surface area contributed by atoms with Gasteiger partial charge in [0.05, 0.1) is 0 Å². The molecular weight excluding hydrogens is 256 g/mol. The van der Waals surface area contributed by atoms with E-state index in [1.54, 1.807) is 0 Å². The minimum atomic E-state index is -0.363. The van der Waals surface area contributed by atoms with Crippen LogP contribution in [0.5, 0.6) is 11.5 Å². The smallest absolute Gasteiger partial charge is 0.255 e. The van der Waals surface area contributed by atoms with Crippen LogP contribution in [-0.2, 0) is 6.54 Å². The van der Waals surface area contributed by atoms with E-state index in [0.717, 1.165) is 11.1 Å². The van der Waals surface area contributed by atoms with Crippen LogP contribution in [0.1, 0.15) is 21.5 Å². The van der Waals surface area contributed by atoms with E-state index >= 15 is 0 Å². The van der Waals surface area contributed by atoms with Gasteiger partial charge < -0.3 is 21.3 Å². The molecule has 0 aliphatic heterocycles. The van der Waals surface area contributed by atoms with Crippen LogP contribution >= 0.6 is 0 Å². The van der Waals surface area contributed by atoms with Crippen LogP contribution in [0, 0.1) is 6.92 Å². The van der Waals surface area contributed by atoms with E-state index in [0.29, 0.717) is 12.2 Å². The third-order valence-electron chi connectivity index (χ3n) is 3.02. The molecule has 0 unspecified atom stereocenters. The van der Waals surface area contributed by atoms with Gasteiger partial charge in [0.2, 0.25) is 0 Å². The van der Waals surface area contributed by atoms with Crippen LogP contribution in [0.3, 0.4) is 0 Å². The maximum atomic E-state index is 12.1. The zero-order valence-corrected chi connectivity index (χ0v) is 11.1. The Labute approximate surface area is 116 Å². The van der Waals surface area contributed by atoms with Crippen molar-refractivity contribution in [3.8, 4) is 11.5 Å². The quantitative estimate of drug-likeness (QED) is 0.643. The lowest BCUT2D eigenvalue weighted by atomic mass is 10.1. The molecule has 0 atom stereocenters. The van der Waals surface area contributed by atoms with Crippen LogP contribution in [0.25, 0.3) is 0 Å². The second kappa shape index (κ2) is 5.63. The lowest BCUT2D eigenvalue weighted by molar-refractivity contribution is 0.102. The monoisotopic (exact) mass is 272 g/mol. The summed E-state index contributed by atoms with van der Waals surface area (Å²) >= 11 is 0. The van der Waals surface area contributed by atoms with Crippen molar-refractivity contribution < 1.29 is 15.0 Å². The van der Waals surface area contributed by atoms with Crippen LogP contribution in [0.15, 0.2) is 36.4 Å². The number of aryl methyl sites for hydroxylation is 1. The van der Waals surface area contributed by atoms with Gasteiger partial charge in [-0.3, -0.25) is 4.79 Å². The van der Waals surface area contributed by atoms with Crippen molar-refractivity contribution in [1.29, 1.82) is 0 Å². The number of nitrogens with two attached hydrogens (primary N) is 1. The van der Waals surface area contributed by atoms with Gasteiger partial charge in [0.15, 0.2) is 11.5 Å². The summed E-state index contributed by atoms with van der Waals surface area (Å²) in [6, 6.07) is 9.52. The van der Waals surface area contributed by atoms with Gasteiger partial charge in [-0.1, -0.05) is 12.1 Å². The summed E-state index contributed by atoms with van der Waals surface area (Å²) in [4.78, 5) is 12.1. The number of aromatic hydroxyl groups is 2. The molecular formula is C15H16N2O3. The molecule has 1 amide bonds. The number of benzene rings is 2. The zero-order valence-electron chi connectivity index (χ0n) is 11.1. The highest BCUT2D eigenvalue weighted by molar-refractivity contribution is 6.05. The Kier molecular flexibility index (Phi) is 3.91. The third kappa shape index (κ3) is 2.89. The van der Waals surface area contributed by atoms with Crippen LogP contribution in [-0.4, -0.2) is 16.1 Å². The molecule has 2 aromatic rings. The molecule has 2 aromatic carbocycles. The van der Waals surface area contributed by atoms with E-state index in [-0.39, 0.29) is 23.0 Å². The summed E-state index contributed by atoms with van der Waals surface area (Å²) in [5.74, 6) is -0.953. The second-order valence-electron chi connectivity index (χ2n) is 4.51. The number of anilines is 1. The van der Waals surface area contributed by atoms with Gasteiger partial charge in [-0.25, -0.2) is 0 Å². The number of phenols is 2. The van der Waals surface area contributed by atoms with Crippen LogP contribution < -0.4 is 11.1 Å². The topological polar surface area (TPSA) is 95.6 Å². The summed E-state index contributed by atoms with van der Waals surface area (Å²) in [5, 5.41) is 21.4. The Hall–Kier alpha value is -2.53. The fourth-order valence-electron chi connectivity index (χ4n) is 1.79. The van der Waals surface area contributed by atoms with Crippen molar-refractivity contribution in [3.63, 3.8) is 0 Å². The Morgan fingerprint density at radius 3 is 2.55 bits per heavy atom. The second-order valence-corrected chi connectivity index (χ2v) is 4.51. The number of nitrogens with one attached hydrogen (secondary N) is 1. The fourth-order valence-corrected chi connectivity index (χ4v) is 1.79. The zero-order chi connectivity index (χ0) is 14.7. The lowest BCUT2D eigenvalue weighted by Crippen LogP contribution is -2.13. The van der Waals surface area contributed by atoms with Gasteiger partial charge in [0.1, 0.15) is 0 Å². The first kappa shape index (κ1) is 13.9. The average Bonchev–Trinajstić information content (AvgIpc) is 2.44. The van der Waals surface area contributed by atoms with E-state index in [2.05, 4.69) is 5.32 Å². The van der Waals surface area contributed by atoms with Crippen molar-refractivity contribution in [1.82, 2.24) is 0 Å². The molecule has 104 valence electrons. The summed E-state index contributed by atoms with van der Waals surface area (Å²) in [7, 11) is 0. The molecule has 0 spiro atoms. The molecule has 5 N–H and O–H groups in total. The van der Waals surface area contributed by atoms with Gasteiger partial charge in [0, 0.05) is 17.8 Å². The van der Waals surface area contributed by atoms with Crippen LogP contribution in [0.4, 0.5) is 5.69 Å². The average molecular weight is 272 g/mol. The molecule has 0 aliphatic rings. The van der Waals surface area contributed by atoms with E-state index in [1.807, 2.05) is 25.1 Å². The first-order chi connectivity index (χ1) is 9.51. The van der Waals surface area contributed by atoms with Gasteiger partial charge in [-0.15, -0.1) is 0 Å². The molecule has 0 aromatic heterocycles. The van der Waals surface area contributed by atoms with E-state index in [9.17, 15) is 15.0 Å². The summed E-state index contributed by atoms with van der Waals surface area (Å²) in [5.41, 5.74) is 8.34. The Morgan fingerprint density at radius 1 is 1.15 bits per heavy atom. The van der Waals surface area contributed by atoms with Crippen molar-refractivity contribution in [2.45, 2.75) is 13.5 Å². The number of rotatable bonds is 3. The minimum absolute atomic E-state index is 0.261. The highest BCUT2D eigenvalue weighted by atomic mass is 16.3. The number of hydrogen-bond donors (Lipinski definition) is 4. The lowest BCUT2D eigenvalue weighted by Gasteiger charge is -2.10. The van der Waals surface area contributed by atoms with Gasteiger partial charge in [0.25, 0.3) is 5.91 Å². The predicted molar refractivity (Wildman–Crippen MR) is 76.8 cm³/mol. The molecule has 0 radical (unpaired) electrons. The van der Waals surface area contributed by atoms with E-state index in [1.165, 1.54) is 18.2 Å². The first-order valence-electron chi connectivity index (χ1n) is 6.14. The number of hydrogen-bond acceptors (Lipinski definition) is 4.